The topological polar surface area (TPSA) is 277 Å². The number of nitrogens with zero attached hydrogens (tertiary/aromatic N) is 4. The summed E-state index contributed by atoms with van der Waals surface area (Å²) in [5, 5.41) is 19.8. The molecule has 2 aliphatic rings. The van der Waals surface area contributed by atoms with E-state index in [9.17, 15) is 48.3 Å². The fourth-order valence-corrected chi connectivity index (χ4v) is 8.85. The molecule has 4 rings (SSSR count). The SMILES string of the molecule is CCC[C@H](CC(=O)[C@@H]1CN(C(=O)OC(C)(C)C)C[C@@H]1NC(=O)C(CCC(N)=O)CC(=O)[C@@H](NC(=O)c1cnccn1)C1CCCCC1)C(O)C(=O)CCC(=O)N[C@H](C(=O)N(C)C)c1ccccc1. The molecule has 372 valence electrons. The minimum Gasteiger partial charge on any atom is -0.444 e. The number of aliphatic hydroxyl groups is 1. The normalized spacial score (nSPS) is 18.5. The Hall–Kier alpha value is -6.11. The lowest BCUT2D eigenvalue weighted by molar-refractivity contribution is -0.136. The average Bonchev–Trinajstić information content (AvgIpc) is 3.74. The molecule has 1 aromatic heterocycles. The number of nitrogens with two attached hydrogens (primary N) is 1. The summed E-state index contributed by atoms with van der Waals surface area (Å²) in [5.74, 6) is -7.72. The first-order valence-corrected chi connectivity index (χ1v) is 23.6. The Kier molecular flexibility index (Phi) is 20.7. The molecule has 19 nitrogen and oxygen atoms in total. The number of benzene rings is 1. The molecule has 0 radical (unpaired) electrons. The van der Waals surface area contributed by atoms with E-state index in [1.165, 1.54) is 28.4 Å². The van der Waals surface area contributed by atoms with Crippen molar-refractivity contribution in [2.75, 3.05) is 27.2 Å². The molecule has 0 bridgehead atoms. The van der Waals surface area contributed by atoms with Crippen LogP contribution in [0.4, 0.5) is 4.79 Å². The second-order valence-electron chi connectivity index (χ2n) is 19.2. The highest BCUT2D eigenvalue weighted by Gasteiger charge is 2.44. The highest BCUT2D eigenvalue weighted by molar-refractivity contribution is 5.98. The van der Waals surface area contributed by atoms with E-state index in [-0.39, 0.29) is 75.6 Å². The Bertz CT molecular complexity index is 2070. The van der Waals surface area contributed by atoms with Crippen molar-refractivity contribution in [1.29, 1.82) is 0 Å². The van der Waals surface area contributed by atoms with Gasteiger partial charge >= 0.3 is 6.09 Å². The van der Waals surface area contributed by atoms with Crippen LogP contribution in [0.25, 0.3) is 0 Å². The number of amides is 6. The first-order chi connectivity index (χ1) is 32.2. The molecule has 2 fully saturated rings. The molecule has 0 spiro atoms. The molecular formula is C49H70N8O11. The molecule has 7 atom stereocenters. The molecule has 6 amide bonds. The summed E-state index contributed by atoms with van der Waals surface area (Å²) in [6, 6.07) is 5.68. The summed E-state index contributed by atoms with van der Waals surface area (Å²) < 4.78 is 5.61. The molecule has 2 unspecified atom stereocenters. The zero-order valence-electron chi connectivity index (χ0n) is 40.2. The first kappa shape index (κ1) is 54.5. The van der Waals surface area contributed by atoms with Gasteiger partial charge in [0.05, 0.1) is 24.2 Å². The quantitative estimate of drug-likeness (QED) is 0.101. The standard InChI is InChI=1S/C49H70N8O11/c1-7-14-32(44(63)37(58)20-22-41(62)54-43(47(66)56(5)6)31-17-12-9-13-18-31)25-38(59)34-28-57(48(67)68-49(2,3)4)29-36(34)53-45(64)33(19-21-40(50)61)26-39(60)42(30-15-10-8-11-16-30)55-46(65)35-27-51-23-24-52-35/h9,12-13,17-18,23-24,27,30,32-34,36,42-44,63H,7-8,10-11,14-16,19-22,25-26,28-29H2,1-6H3,(H2,50,61)(H,53,64)(H,54,62)(H,55,65)/t32-,33?,34-,36+,42+,43+,44?/m1/s1. The average molecular weight is 947 g/mol. The van der Waals surface area contributed by atoms with Crippen LogP contribution in [0.2, 0.25) is 0 Å². The first-order valence-electron chi connectivity index (χ1n) is 23.6. The number of ether oxygens (including phenoxy) is 1. The Labute approximate surface area is 398 Å². The summed E-state index contributed by atoms with van der Waals surface area (Å²) in [4.78, 5) is 132. The third kappa shape index (κ3) is 16.6. The van der Waals surface area contributed by atoms with Crippen molar-refractivity contribution < 1.29 is 53.0 Å². The number of aromatic nitrogens is 2. The van der Waals surface area contributed by atoms with Gasteiger partial charge in [-0.2, -0.15) is 0 Å². The molecule has 1 saturated heterocycles. The van der Waals surface area contributed by atoms with Crippen LogP contribution in [0.1, 0.15) is 133 Å². The highest BCUT2D eigenvalue weighted by Crippen LogP contribution is 2.31. The Balaban J connectivity index is 1.52. The van der Waals surface area contributed by atoms with Gasteiger partial charge in [-0.25, -0.2) is 9.78 Å². The van der Waals surface area contributed by atoms with Crippen molar-refractivity contribution in [3.05, 3.63) is 60.2 Å². The molecule has 1 aliphatic carbocycles. The lowest BCUT2D eigenvalue weighted by Gasteiger charge is -2.31. The number of ketones is 3. The summed E-state index contributed by atoms with van der Waals surface area (Å²) >= 11 is 0. The van der Waals surface area contributed by atoms with Crippen molar-refractivity contribution in [1.82, 2.24) is 35.7 Å². The summed E-state index contributed by atoms with van der Waals surface area (Å²) in [6.45, 7) is 6.55. The smallest absolute Gasteiger partial charge is 0.410 e. The maximum atomic E-state index is 14.4. The Morgan fingerprint density at radius 2 is 1.57 bits per heavy atom. The van der Waals surface area contributed by atoms with E-state index in [0.717, 1.165) is 19.3 Å². The Morgan fingerprint density at radius 1 is 0.882 bits per heavy atom. The van der Waals surface area contributed by atoms with Crippen LogP contribution >= 0.6 is 0 Å². The summed E-state index contributed by atoms with van der Waals surface area (Å²) in [5.41, 5.74) is 5.19. The predicted octanol–water partition coefficient (Wildman–Crippen LogP) is 3.38. The summed E-state index contributed by atoms with van der Waals surface area (Å²) in [7, 11) is 3.12. The van der Waals surface area contributed by atoms with Gasteiger partial charge in [0.15, 0.2) is 11.6 Å². The minimum atomic E-state index is -1.63. The lowest BCUT2D eigenvalue weighted by Crippen LogP contribution is -2.49. The van der Waals surface area contributed by atoms with Crippen LogP contribution in [0.15, 0.2) is 48.9 Å². The fourth-order valence-electron chi connectivity index (χ4n) is 8.85. The number of carbonyl (C=O) groups excluding carboxylic acids is 9. The molecule has 1 aromatic carbocycles. The van der Waals surface area contributed by atoms with Crippen molar-refractivity contribution >= 4 is 53.0 Å². The zero-order chi connectivity index (χ0) is 50.1. The number of carbonyl (C=O) groups is 9. The van der Waals surface area contributed by atoms with Crippen molar-refractivity contribution in [2.24, 2.45) is 29.4 Å². The molecule has 2 heterocycles. The van der Waals surface area contributed by atoms with Crippen LogP contribution in [-0.4, -0.2) is 129 Å². The maximum absolute atomic E-state index is 14.4. The van der Waals surface area contributed by atoms with Crippen molar-refractivity contribution in [2.45, 2.75) is 141 Å². The predicted molar refractivity (Wildman–Crippen MR) is 249 cm³/mol. The van der Waals surface area contributed by atoms with Crippen LogP contribution in [-0.2, 0) is 38.3 Å². The maximum Gasteiger partial charge on any atom is 0.410 e. The number of nitrogens with one attached hydrogen (secondary N) is 3. The van der Waals surface area contributed by atoms with Gasteiger partial charge in [0.2, 0.25) is 23.6 Å². The molecular weight excluding hydrogens is 877 g/mol. The van der Waals surface area contributed by atoms with Gasteiger partial charge in [-0.05, 0) is 63.9 Å². The third-order valence-electron chi connectivity index (χ3n) is 12.4. The number of hydrogen-bond donors (Lipinski definition) is 5. The van der Waals surface area contributed by atoms with E-state index in [2.05, 4.69) is 25.9 Å². The van der Waals surface area contributed by atoms with E-state index >= 15 is 0 Å². The van der Waals surface area contributed by atoms with Crippen molar-refractivity contribution in [3.63, 3.8) is 0 Å². The zero-order valence-corrected chi connectivity index (χ0v) is 40.2. The van der Waals surface area contributed by atoms with Crippen LogP contribution in [0.3, 0.4) is 0 Å². The van der Waals surface area contributed by atoms with E-state index in [1.54, 1.807) is 65.2 Å². The Morgan fingerprint density at radius 3 is 2.18 bits per heavy atom. The molecule has 68 heavy (non-hydrogen) atoms. The van der Waals surface area contributed by atoms with Crippen LogP contribution < -0.4 is 21.7 Å². The number of aliphatic hydroxyl groups excluding tert-OH is 1. The van der Waals surface area contributed by atoms with Gasteiger partial charge in [0, 0.05) is 77.6 Å². The highest BCUT2D eigenvalue weighted by atomic mass is 16.6. The van der Waals surface area contributed by atoms with Gasteiger partial charge in [0.1, 0.15) is 29.2 Å². The number of hydrogen-bond acceptors (Lipinski definition) is 13. The number of likely N-dealkylation sites (tertiary alicyclic amines) is 1. The number of rotatable bonds is 24. The largest absolute Gasteiger partial charge is 0.444 e. The molecule has 1 saturated carbocycles. The lowest BCUT2D eigenvalue weighted by atomic mass is 9.80. The summed E-state index contributed by atoms with van der Waals surface area (Å²) in [6.07, 6.45) is 4.72. The monoisotopic (exact) mass is 947 g/mol. The van der Waals surface area contributed by atoms with E-state index in [0.29, 0.717) is 24.8 Å². The number of Topliss-reactive ketones (excluding diaryl/α,β-unsaturated/α-hetero) is 3. The van der Waals surface area contributed by atoms with Crippen LogP contribution in [0.5, 0.6) is 0 Å². The van der Waals surface area contributed by atoms with Crippen molar-refractivity contribution in [3.8, 4) is 0 Å². The number of primary amides is 1. The molecule has 19 heteroatoms. The molecule has 2 aromatic rings. The van der Waals surface area contributed by atoms with E-state index in [1.807, 2.05) is 6.92 Å². The van der Waals surface area contributed by atoms with E-state index in [4.69, 9.17) is 10.5 Å². The fraction of sp³-hybridized carbons (Fsp3) is 0.612. The second kappa shape index (κ2) is 25.9. The van der Waals surface area contributed by atoms with Gasteiger partial charge in [-0.15, -0.1) is 0 Å². The van der Waals surface area contributed by atoms with Gasteiger partial charge in [-0.1, -0.05) is 62.9 Å². The van der Waals surface area contributed by atoms with Gasteiger partial charge in [-0.3, -0.25) is 43.3 Å². The van der Waals surface area contributed by atoms with E-state index < -0.39 is 94.7 Å². The second-order valence-corrected chi connectivity index (χ2v) is 19.2. The third-order valence-corrected chi connectivity index (χ3v) is 12.4. The molecule has 1 aliphatic heterocycles. The van der Waals surface area contributed by atoms with Crippen LogP contribution in [0, 0.1) is 23.7 Å². The minimum absolute atomic E-state index is 0.0168. The van der Waals surface area contributed by atoms with Gasteiger partial charge < -0.3 is 41.3 Å². The number of likely N-dealkylation sites (N-methyl/N-ethyl adjacent to an activating group) is 1. The van der Waals surface area contributed by atoms with Gasteiger partial charge in [0.25, 0.3) is 5.91 Å². The molecule has 6 N–H and O–H groups in total.